The van der Waals surface area contributed by atoms with Gasteiger partial charge in [-0.25, -0.2) is 0 Å². The summed E-state index contributed by atoms with van der Waals surface area (Å²) in [6, 6.07) is 0. The maximum atomic E-state index is 8.59. The van der Waals surface area contributed by atoms with Gasteiger partial charge in [0.1, 0.15) is 0 Å². The van der Waals surface area contributed by atoms with Gasteiger partial charge in [-0.1, -0.05) is 42.4 Å². The number of unbranched alkanes of at least 4 members (excludes halogenated alkanes) is 4. The fraction of sp³-hybridized carbons (Fsp3) is 0.625. The fourth-order valence-electron chi connectivity index (χ4n) is 1.25. The van der Waals surface area contributed by atoms with Crippen molar-refractivity contribution < 1.29 is 10.2 Å². The first kappa shape index (κ1) is 16.6. The highest BCUT2D eigenvalue weighted by Crippen LogP contribution is 2.01. The summed E-state index contributed by atoms with van der Waals surface area (Å²) in [6.07, 6.45) is 6.84. The van der Waals surface area contributed by atoms with E-state index in [4.69, 9.17) is 10.2 Å². The van der Waals surface area contributed by atoms with Crippen LogP contribution in [0.1, 0.15) is 51.4 Å². The number of hydrogen-bond donors (Lipinski definition) is 2. The minimum atomic E-state index is 0.115. The van der Waals surface area contributed by atoms with E-state index >= 15 is 0 Å². The number of rotatable bonds is 6. The van der Waals surface area contributed by atoms with Gasteiger partial charge < -0.3 is 10.2 Å². The predicted octanol–water partition coefficient (Wildman–Crippen LogP) is 2.10. The molecule has 0 rings (SSSR count). The maximum absolute atomic E-state index is 8.59. The molecule has 98 valence electrons. The Morgan fingerprint density at radius 3 is 1.67 bits per heavy atom. The minimum Gasteiger partial charge on any atom is -0.396 e. The van der Waals surface area contributed by atoms with Gasteiger partial charge in [0, 0.05) is 19.4 Å². The maximum Gasteiger partial charge on any atom is 0.0703 e. The van der Waals surface area contributed by atoms with E-state index in [1.54, 1.807) is 0 Å². The first-order valence-corrected chi connectivity index (χ1v) is 6.50. The average molecular weight is 246 g/mol. The van der Waals surface area contributed by atoms with Crippen molar-refractivity contribution in [2.24, 2.45) is 0 Å². The zero-order valence-electron chi connectivity index (χ0n) is 11.0. The van der Waals surface area contributed by atoms with Crippen molar-refractivity contribution in [1.82, 2.24) is 0 Å². The van der Waals surface area contributed by atoms with Gasteiger partial charge in [0.2, 0.25) is 0 Å². The van der Waals surface area contributed by atoms with Crippen molar-refractivity contribution in [3.05, 3.63) is 0 Å². The van der Waals surface area contributed by atoms with Crippen LogP contribution >= 0.6 is 0 Å². The zero-order valence-corrected chi connectivity index (χ0v) is 11.0. The number of aliphatic hydroxyl groups is 2. The lowest BCUT2D eigenvalue weighted by Crippen LogP contribution is -1.82. The molecule has 0 aliphatic heterocycles. The van der Waals surface area contributed by atoms with Crippen molar-refractivity contribution in [2.45, 2.75) is 51.4 Å². The van der Waals surface area contributed by atoms with E-state index in [2.05, 4.69) is 35.5 Å². The van der Waals surface area contributed by atoms with E-state index in [-0.39, 0.29) is 6.61 Å². The molecule has 0 fully saturated rings. The third-order valence-corrected chi connectivity index (χ3v) is 2.18. The van der Waals surface area contributed by atoms with Crippen LogP contribution in [0.5, 0.6) is 0 Å². The van der Waals surface area contributed by atoms with Crippen LogP contribution in [-0.4, -0.2) is 23.4 Å². The van der Waals surface area contributed by atoms with Crippen molar-refractivity contribution in [3.8, 4) is 35.5 Å². The quantitative estimate of drug-likeness (QED) is 0.556. The van der Waals surface area contributed by atoms with Gasteiger partial charge in [-0.05, 0) is 12.8 Å². The van der Waals surface area contributed by atoms with E-state index < -0.39 is 0 Å². The molecule has 0 radical (unpaired) electrons. The predicted molar refractivity (Wildman–Crippen MR) is 74.4 cm³/mol. The molecule has 0 aliphatic rings. The Bertz CT molecular complexity index is 352. The van der Waals surface area contributed by atoms with Gasteiger partial charge in [-0.3, -0.25) is 0 Å². The normalized spacial score (nSPS) is 8.33. The second kappa shape index (κ2) is 15.6. The molecule has 0 aromatic rings. The van der Waals surface area contributed by atoms with Gasteiger partial charge in [0.05, 0.1) is 19.4 Å². The lowest BCUT2D eigenvalue weighted by Gasteiger charge is -1.93. The second-order valence-electron chi connectivity index (χ2n) is 3.78. The Morgan fingerprint density at radius 1 is 0.500 bits per heavy atom. The molecule has 0 unspecified atom stereocenters. The number of aliphatic hydroxyl groups excluding tert-OH is 2. The molecule has 18 heavy (non-hydrogen) atoms. The standard InChI is InChI=1S/C16H22O2/c17-15-13-11-9-7-5-3-1-2-4-6-8-10-12-14-16-18/h17-18H,1,6-8,10,12-16H2. The van der Waals surface area contributed by atoms with Crippen LogP contribution in [0.15, 0.2) is 0 Å². The lowest BCUT2D eigenvalue weighted by atomic mass is 10.1. The van der Waals surface area contributed by atoms with Crippen LogP contribution in [0.25, 0.3) is 0 Å². The van der Waals surface area contributed by atoms with Crippen LogP contribution in [-0.2, 0) is 0 Å². The van der Waals surface area contributed by atoms with Crippen LogP contribution < -0.4 is 0 Å². The molecule has 0 saturated carbocycles. The van der Waals surface area contributed by atoms with Crippen LogP contribution in [0.3, 0.4) is 0 Å². The topological polar surface area (TPSA) is 40.5 Å². The van der Waals surface area contributed by atoms with Gasteiger partial charge in [-0.2, -0.15) is 0 Å². The molecule has 2 N–H and O–H groups in total. The smallest absolute Gasteiger partial charge is 0.0703 e. The minimum absolute atomic E-state index is 0.115. The number of hydrogen-bond acceptors (Lipinski definition) is 2. The SMILES string of the molecule is OCCC#CCC#CCC#CCCCCCCO. The summed E-state index contributed by atoms with van der Waals surface area (Å²) >= 11 is 0. The van der Waals surface area contributed by atoms with E-state index in [0.29, 0.717) is 25.9 Å². The fourth-order valence-corrected chi connectivity index (χ4v) is 1.25. The molecular weight excluding hydrogens is 224 g/mol. The molecule has 0 spiro atoms. The van der Waals surface area contributed by atoms with Crippen LogP contribution in [0, 0.1) is 35.5 Å². The zero-order chi connectivity index (χ0) is 13.3. The molecule has 0 atom stereocenters. The average Bonchev–Trinajstić information content (AvgIpc) is 2.39. The first-order chi connectivity index (χ1) is 8.91. The van der Waals surface area contributed by atoms with E-state index in [1.807, 2.05) is 0 Å². The highest BCUT2D eigenvalue weighted by molar-refractivity contribution is 5.16. The summed E-state index contributed by atoms with van der Waals surface area (Å²) in [4.78, 5) is 0. The lowest BCUT2D eigenvalue weighted by molar-refractivity contribution is 0.282. The molecule has 0 aromatic heterocycles. The summed E-state index contributed by atoms with van der Waals surface area (Å²) in [5.74, 6) is 17.7. The molecular formula is C16H22O2. The van der Waals surface area contributed by atoms with Crippen molar-refractivity contribution in [3.63, 3.8) is 0 Å². The van der Waals surface area contributed by atoms with Crippen molar-refractivity contribution >= 4 is 0 Å². The highest BCUT2D eigenvalue weighted by Gasteiger charge is 1.86. The third kappa shape index (κ3) is 14.6. The molecule has 0 aliphatic carbocycles. The van der Waals surface area contributed by atoms with E-state index in [1.165, 1.54) is 0 Å². The van der Waals surface area contributed by atoms with E-state index in [0.717, 1.165) is 32.1 Å². The molecule has 0 heterocycles. The Kier molecular flexibility index (Phi) is 14.4. The van der Waals surface area contributed by atoms with Gasteiger partial charge in [0.25, 0.3) is 0 Å². The Balaban J connectivity index is 3.38. The molecule has 0 bridgehead atoms. The van der Waals surface area contributed by atoms with Crippen molar-refractivity contribution in [2.75, 3.05) is 13.2 Å². The monoisotopic (exact) mass is 246 g/mol. The van der Waals surface area contributed by atoms with E-state index in [9.17, 15) is 0 Å². The molecule has 0 aromatic carbocycles. The van der Waals surface area contributed by atoms with Crippen LogP contribution in [0.2, 0.25) is 0 Å². The summed E-state index contributed by atoms with van der Waals surface area (Å²) < 4.78 is 0. The summed E-state index contributed by atoms with van der Waals surface area (Å²) in [6.45, 7) is 0.409. The molecule has 2 nitrogen and oxygen atoms in total. The Labute approximate surface area is 111 Å². The van der Waals surface area contributed by atoms with Gasteiger partial charge in [0.15, 0.2) is 0 Å². The van der Waals surface area contributed by atoms with Gasteiger partial charge >= 0.3 is 0 Å². The summed E-state index contributed by atoms with van der Waals surface area (Å²) in [5, 5.41) is 17.1. The Hall–Kier alpha value is -1.40. The summed E-state index contributed by atoms with van der Waals surface area (Å²) in [5.41, 5.74) is 0. The largest absolute Gasteiger partial charge is 0.396 e. The molecule has 0 amide bonds. The first-order valence-electron chi connectivity index (χ1n) is 6.50. The molecule has 2 heteroatoms. The van der Waals surface area contributed by atoms with Crippen LogP contribution in [0.4, 0.5) is 0 Å². The highest BCUT2D eigenvalue weighted by atomic mass is 16.3. The van der Waals surface area contributed by atoms with Gasteiger partial charge in [-0.15, -0.1) is 5.92 Å². The second-order valence-corrected chi connectivity index (χ2v) is 3.78. The molecule has 0 saturated heterocycles. The van der Waals surface area contributed by atoms with Crippen molar-refractivity contribution in [1.29, 1.82) is 0 Å². The summed E-state index contributed by atoms with van der Waals surface area (Å²) in [7, 11) is 0. The third-order valence-electron chi connectivity index (χ3n) is 2.18. The Morgan fingerprint density at radius 2 is 1.06 bits per heavy atom.